The Kier molecular flexibility index (Phi) is 4.02. The first-order valence-corrected chi connectivity index (χ1v) is 6.65. The van der Waals surface area contributed by atoms with Crippen LogP contribution in [0.5, 0.6) is 0 Å². The number of hydrogen-bond donors (Lipinski definition) is 2. The van der Waals surface area contributed by atoms with Gasteiger partial charge in [0.05, 0.1) is 12.0 Å². The van der Waals surface area contributed by atoms with E-state index in [4.69, 9.17) is 5.11 Å². The number of aliphatic hydroxyl groups excluding tert-OH is 1. The summed E-state index contributed by atoms with van der Waals surface area (Å²) in [5.74, 6) is 0.0691. The second-order valence-corrected chi connectivity index (χ2v) is 5.14. The Bertz CT molecular complexity index is 422. The number of aliphatic hydroxyl groups is 1. The monoisotopic (exact) mass is 247 g/mol. The zero-order chi connectivity index (χ0) is 13.0. The molecule has 1 aromatic rings. The van der Waals surface area contributed by atoms with Crippen molar-refractivity contribution < 1.29 is 9.90 Å². The van der Waals surface area contributed by atoms with Crippen LogP contribution in [-0.2, 0) is 10.2 Å². The minimum absolute atomic E-state index is 0.00433. The maximum Gasteiger partial charge on any atom is 0.230 e. The van der Waals surface area contributed by atoms with E-state index >= 15 is 0 Å². The average Bonchev–Trinajstić information content (AvgIpc) is 2.86. The molecule has 1 amide bonds. The molecule has 98 valence electrons. The summed E-state index contributed by atoms with van der Waals surface area (Å²) in [5.41, 5.74) is 1.94. The van der Waals surface area contributed by atoms with Gasteiger partial charge in [-0.25, -0.2) is 0 Å². The smallest absolute Gasteiger partial charge is 0.230 e. The van der Waals surface area contributed by atoms with E-state index in [0.29, 0.717) is 6.54 Å². The standard InChI is InChI=1S/C15H21NO2/c1-12-5-4-6-13(11-12)15(7-2-3-8-15)14(18)16-9-10-17/h4-6,11,17H,2-3,7-10H2,1H3,(H,16,18). The van der Waals surface area contributed by atoms with Crippen molar-refractivity contribution in [2.45, 2.75) is 38.0 Å². The van der Waals surface area contributed by atoms with Crippen LogP contribution >= 0.6 is 0 Å². The number of benzene rings is 1. The van der Waals surface area contributed by atoms with Gasteiger partial charge in [-0.05, 0) is 25.3 Å². The normalized spacial score (nSPS) is 17.7. The molecule has 0 saturated heterocycles. The van der Waals surface area contributed by atoms with E-state index in [0.717, 1.165) is 31.2 Å². The highest BCUT2D eigenvalue weighted by Gasteiger charge is 2.42. The van der Waals surface area contributed by atoms with Gasteiger partial charge in [-0.2, -0.15) is 0 Å². The molecule has 1 aliphatic carbocycles. The van der Waals surface area contributed by atoms with Gasteiger partial charge in [0.15, 0.2) is 0 Å². The minimum Gasteiger partial charge on any atom is -0.395 e. The summed E-state index contributed by atoms with van der Waals surface area (Å²) in [5, 5.41) is 11.7. The van der Waals surface area contributed by atoms with Crippen LogP contribution < -0.4 is 5.32 Å². The lowest BCUT2D eigenvalue weighted by molar-refractivity contribution is -0.126. The largest absolute Gasteiger partial charge is 0.395 e. The van der Waals surface area contributed by atoms with Crippen molar-refractivity contribution >= 4 is 5.91 Å². The number of nitrogens with one attached hydrogen (secondary N) is 1. The van der Waals surface area contributed by atoms with Crippen LogP contribution in [0, 0.1) is 6.92 Å². The molecule has 3 nitrogen and oxygen atoms in total. The van der Waals surface area contributed by atoms with Crippen LogP contribution in [0.1, 0.15) is 36.8 Å². The first-order valence-electron chi connectivity index (χ1n) is 6.65. The molecule has 1 fully saturated rings. The SMILES string of the molecule is Cc1cccc(C2(C(=O)NCCO)CCCC2)c1. The molecule has 2 N–H and O–H groups in total. The summed E-state index contributed by atoms with van der Waals surface area (Å²) in [7, 11) is 0. The van der Waals surface area contributed by atoms with Crippen LogP contribution in [0.25, 0.3) is 0 Å². The third-order valence-electron chi connectivity index (χ3n) is 3.86. The predicted molar refractivity (Wildman–Crippen MR) is 71.4 cm³/mol. The lowest BCUT2D eigenvalue weighted by Gasteiger charge is -2.28. The topological polar surface area (TPSA) is 49.3 Å². The van der Waals surface area contributed by atoms with Gasteiger partial charge in [-0.15, -0.1) is 0 Å². The quantitative estimate of drug-likeness (QED) is 0.854. The van der Waals surface area contributed by atoms with E-state index in [2.05, 4.69) is 30.4 Å². The van der Waals surface area contributed by atoms with Gasteiger partial charge in [-0.3, -0.25) is 4.79 Å². The van der Waals surface area contributed by atoms with Gasteiger partial charge < -0.3 is 10.4 Å². The molecular formula is C15H21NO2. The zero-order valence-corrected chi connectivity index (χ0v) is 10.9. The molecule has 0 atom stereocenters. The van der Waals surface area contributed by atoms with Crippen molar-refractivity contribution in [3.05, 3.63) is 35.4 Å². The molecule has 0 spiro atoms. The third kappa shape index (κ3) is 2.41. The lowest BCUT2D eigenvalue weighted by Crippen LogP contribution is -2.43. The average molecular weight is 247 g/mol. The number of carbonyl (C=O) groups excluding carboxylic acids is 1. The number of rotatable bonds is 4. The molecule has 1 aliphatic rings. The zero-order valence-electron chi connectivity index (χ0n) is 10.9. The number of amides is 1. The van der Waals surface area contributed by atoms with Crippen LogP contribution in [0.4, 0.5) is 0 Å². The molecule has 3 heteroatoms. The van der Waals surface area contributed by atoms with Crippen LogP contribution in [0.2, 0.25) is 0 Å². The van der Waals surface area contributed by atoms with Gasteiger partial charge in [-0.1, -0.05) is 42.7 Å². The summed E-state index contributed by atoms with van der Waals surface area (Å²) >= 11 is 0. The van der Waals surface area contributed by atoms with Crippen molar-refractivity contribution in [3.8, 4) is 0 Å². The van der Waals surface area contributed by atoms with E-state index in [1.54, 1.807) is 0 Å². The van der Waals surface area contributed by atoms with E-state index < -0.39 is 0 Å². The highest BCUT2D eigenvalue weighted by Crippen LogP contribution is 2.41. The Morgan fingerprint density at radius 1 is 1.39 bits per heavy atom. The second-order valence-electron chi connectivity index (χ2n) is 5.14. The molecule has 0 unspecified atom stereocenters. The van der Waals surface area contributed by atoms with Crippen molar-refractivity contribution in [1.82, 2.24) is 5.32 Å². The molecule has 1 aromatic carbocycles. The Labute approximate surface area is 108 Å². The summed E-state index contributed by atoms with van der Waals surface area (Å²) < 4.78 is 0. The summed E-state index contributed by atoms with van der Waals surface area (Å²) in [4.78, 5) is 12.4. The van der Waals surface area contributed by atoms with Crippen LogP contribution in [-0.4, -0.2) is 24.2 Å². The lowest BCUT2D eigenvalue weighted by atomic mass is 9.77. The maximum absolute atomic E-state index is 12.4. The molecule has 0 bridgehead atoms. The van der Waals surface area contributed by atoms with Gasteiger partial charge in [0.2, 0.25) is 5.91 Å². The molecule has 0 radical (unpaired) electrons. The number of hydrogen-bond acceptors (Lipinski definition) is 2. The van der Waals surface area contributed by atoms with E-state index in [-0.39, 0.29) is 17.9 Å². The fraction of sp³-hybridized carbons (Fsp3) is 0.533. The molecular weight excluding hydrogens is 226 g/mol. The highest BCUT2D eigenvalue weighted by atomic mass is 16.3. The summed E-state index contributed by atoms with van der Waals surface area (Å²) in [6.45, 7) is 2.39. The van der Waals surface area contributed by atoms with Gasteiger partial charge in [0.1, 0.15) is 0 Å². The van der Waals surface area contributed by atoms with E-state index in [9.17, 15) is 4.79 Å². The Balaban J connectivity index is 2.29. The van der Waals surface area contributed by atoms with Gasteiger partial charge in [0.25, 0.3) is 0 Å². The van der Waals surface area contributed by atoms with Crippen molar-refractivity contribution in [2.75, 3.05) is 13.2 Å². The molecule has 1 saturated carbocycles. The Morgan fingerprint density at radius 2 is 2.11 bits per heavy atom. The highest BCUT2D eigenvalue weighted by molar-refractivity contribution is 5.88. The molecule has 18 heavy (non-hydrogen) atoms. The van der Waals surface area contributed by atoms with Gasteiger partial charge >= 0.3 is 0 Å². The molecule has 0 aliphatic heterocycles. The fourth-order valence-corrected chi connectivity index (χ4v) is 2.91. The third-order valence-corrected chi connectivity index (χ3v) is 3.86. The van der Waals surface area contributed by atoms with Crippen molar-refractivity contribution in [1.29, 1.82) is 0 Å². The molecule has 2 rings (SSSR count). The minimum atomic E-state index is -0.374. The van der Waals surface area contributed by atoms with E-state index in [1.807, 2.05) is 6.07 Å². The van der Waals surface area contributed by atoms with E-state index in [1.165, 1.54) is 5.56 Å². The van der Waals surface area contributed by atoms with Crippen LogP contribution in [0.3, 0.4) is 0 Å². The predicted octanol–water partition coefficient (Wildman–Crippen LogP) is 1.92. The molecule has 0 aromatic heterocycles. The Morgan fingerprint density at radius 3 is 2.72 bits per heavy atom. The van der Waals surface area contributed by atoms with Crippen molar-refractivity contribution in [2.24, 2.45) is 0 Å². The maximum atomic E-state index is 12.4. The van der Waals surface area contributed by atoms with Crippen LogP contribution in [0.15, 0.2) is 24.3 Å². The summed E-state index contributed by atoms with van der Waals surface area (Å²) in [6, 6.07) is 8.24. The fourth-order valence-electron chi connectivity index (χ4n) is 2.91. The van der Waals surface area contributed by atoms with Crippen molar-refractivity contribution in [3.63, 3.8) is 0 Å². The molecule has 0 heterocycles. The second kappa shape index (κ2) is 5.53. The first-order chi connectivity index (χ1) is 8.69. The summed E-state index contributed by atoms with van der Waals surface area (Å²) in [6.07, 6.45) is 4.02. The Hall–Kier alpha value is -1.35. The first kappa shape index (κ1) is 13.1. The number of aryl methyl sites for hydroxylation is 1. The van der Waals surface area contributed by atoms with Gasteiger partial charge in [0, 0.05) is 6.54 Å². The number of carbonyl (C=O) groups is 1.